The molecule has 0 aromatic carbocycles. The van der Waals surface area contributed by atoms with Crippen molar-refractivity contribution in [3.8, 4) is 0 Å². The number of nitrogens with zero attached hydrogens (tertiary/aromatic N) is 1. The molecule has 0 aliphatic heterocycles. The highest BCUT2D eigenvalue weighted by Gasteiger charge is 1.99. The molecular weight excluding hydrogens is 162 g/mol. The Morgan fingerprint density at radius 2 is 2.11 bits per heavy atom. The zero-order valence-corrected chi connectivity index (χ0v) is 7.46. The highest BCUT2D eigenvalue weighted by Crippen LogP contribution is 2.46. The summed E-state index contributed by atoms with van der Waals surface area (Å²) in [5, 5.41) is 0. The minimum absolute atomic E-state index is 0.355. The van der Waals surface area contributed by atoms with Crippen LogP contribution in [-0.2, 0) is 0 Å². The van der Waals surface area contributed by atoms with Crippen LogP contribution >= 0.6 is 16.4 Å². The van der Waals surface area contributed by atoms with Crippen LogP contribution in [0.4, 0.5) is 8.39 Å². The van der Waals surface area contributed by atoms with Crippen molar-refractivity contribution in [3.63, 3.8) is 0 Å². The van der Waals surface area contributed by atoms with E-state index < -0.39 is 16.4 Å². The molecular formula is C4H11F2NP2. The lowest BCUT2D eigenvalue weighted by molar-refractivity contribution is 0.876. The third-order valence-electron chi connectivity index (χ3n) is 0.770. The summed E-state index contributed by atoms with van der Waals surface area (Å²) >= 11 is 0. The lowest BCUT2D eigenvalue weighted by Gasteiger charge is -1.95. The average molecular weight is 173 g/mol. The maximum absolute atomic E-state index is 12.3. The van der Waals surface area contributed by atoms with Gasteiger partial charge in [0.1, 0.15) is 8.02 Å². The summed E-state index contributed by atoms with van der Waals surface area (Å²) in [6.45, 7) is 3.37. The zero-order valence-electron chi connectivity index (χ0n) is 5.56. The number of hydrogen-bond acceptors (Lipinski definition) is 1. The van der Waals surface area contributed by atoms with Crippen molar-refractivity contribution in [2.45, 2.75) is 13.8 Å². The van der Waals surface area contributed by atoms with Gasteiger partial charge in [0.25, 0.3) is 0 Å². The third kappa shape index (κ3) is 4.99. The van der Waals surface area contributed by atoms with E-state index in [-0.39, 0.29) is 0 Å². The topological polar surface area (TPSA) is 12.4 Å². The number of hydrogen-bond donors (Lipinski definition) is 0. The lowest BCUT2D eigenvalue weighted by atomic mass is 11.0. The van der Waals surface area contributed by atoms with Gasteiger partial charge in [-0.2, -0.15) is 0 Å². The second-order valence-corrected chi connectivity index (χ2v) is 5.05. The zero-order chi connectivity index (χ0) is 7.28. The number of rotatable bonds is 3. The fourth-order valence-electron chi connectivity index (χ4n) is 0.259. The van der Waals surface area contributed by atoms with Gasteiger partial charge in [-0.05, 0) is 0 Å². The van der Waals surface area contributed by atoms with Crippen molar-refractivity contribution in [3.05, 3.63) is 0 Å². The Hall–Kier alpha value is 0.520. The van der Waals surface area contributed by atoms with Crippen molar-refractivity contribution in [2.75, 3.05) is 12.3 Å². The van der Waals surface area contributed by atoms with Crippen LogP contribution in [0.15, 0.2) is 4.52 Å². The third-order valence-corrected chi connectivity index (χ3v) is 3.61. The van der Waals surface area contributed by atoms with E-state index in [9.17, 15) is 8.39 Å². The smallest absolute Gasteiger partial charge is 0.203 e. The quantitative estimate of drug-likeness (QED) is 0.578. The summed E-state index contributed by atoms with van der Waals surface area (Å²) < 4.78 is 27.9. The Kier molecular flexibility index (Phi) is 5.62. The van der Waals surface area contributed by atoms with Crippen molar-refractivity contribution in [2.24, 2.45) is 4.52 Å². The van der Waals surface area contributed by atoms with E-state index >= 15 is 0 Å². The molecule has 0 saturated carbocycles. The molecule has 5 heteroatoms. The van der Waals surface area contributed by atoms with E-state index in [1.54, 1.807) is 13.8 Å². The number of halogens is 2. The van der Waals surface area contributed by atoms with E-state index in [4.69, 9.17) is 0 Å². The van der Waals surface area contributed by atoms with Crippen LogP contribution in [0.25, 0.3) is 0 Å². The molecule has 1 nitrogen and oxygen atoms in total. The molecule has 0 bridgehead atoms. The Balaban J connectivity index is 3.64. The van der Waals surface area contributed by atoms with Crippen molar-refractivity contribution < 1.29 is 8.39 Å². The van der Waals surface area contributed by atoms with Crippen LogP contribution in [0.3, 0.4) is 0 Å². The molecule has 0 saturated heterocycles. The first kappa shape index (κ1) is 9.52. The summed E-state index contributed by atoms with van der Waals surface area (Å²) in [5.41, 5.74) is 0. The predicted octanol–water partition coefficient (Wildman–Crippen LogP) is 3.59. The molecule has 0 rings (SSSR count). The molecule has 56 valence electrons. The van der Waals surface area contributed by atoms with Crippen LogP contribution in [-0.4, -0.2) is 12.3 Å². The Bertz CT molecular complexity index is 107. The lowest BCUT2D eigenvalue weighted by Crippen LogP contribution is -1.62. The first-order valence-corrected chi connectivity index (χ1v) is 5.77. The van der Waals surface area contributed by atoms with Gasteiger partial charge in [-0.25, -0.2) is 12.9 Å². The van der Waals surface area contributed by atoms with Crippen LogP contribution in [0.5, 0.6) is 0 Å². The first-order valence-electron chi connectivity index (χ1n) is 2.87. The van der Waals surface area contributed by atoms with Crippen molar-refractivity contribution >= 4 is 16.4 Å². The van der Waals surface area contributed by atoms with E-state index in [1.165, 1.54) is 0 Å². The van der Waals surface area contributed by atoms with E-state index in [2.05, 4.69) is 4.52 Å². The van der Waals surface area contributed by atoms with Gasteiger partial charge in [0.2, 0.25) is 8.38 Å². The van der Waals surface area contributed by atoms with Crippen LogP contribution in [0.1, 0.15) is 13.8 Å². The Morgan fingerprint density at radius 1 is 1.56 bits per heavy atom. The van der Waals surface area contributed by atoms with E-state index in [1.807, 2.05) is 0 Å². The minimum Gasteiger partial charge on any atom is -0.217 e. The van der Waals surface area contributed by atoms with Gasteiger partial charge in [-0.15, -0.1) is 0 Å². The molecule has 0 aromatic rings. The first-order chi connectivity index (χ1) is 4.20. The van der Waals surface area contributed by atoms with Gasteiger partial charge in [-0.1, -0.05) is 13.8 Å². The molecule has 0 heterocycles. The van der Waals surface area contributed by atoms with E-state index in [0.29, 0.717) is 12.3 Å². The Labute approximate surface area is 56.4 Å². The predicted molar refractivity (Wildman–Crippen MR) is 41.0 cm³/mol. The molecule has 0 aromatic heterocycles. The summed E-state index contributed by atoms with van der Waals surface area (Å²) in [7, 11) is -3.99. The minimum atomic E-state index is -2.16. The molecule has 0 N–H and O–H groups in total. The van der Waals surface area contributed by atoms with Crippen molar-refractivity contribution in [1.82, 2.24) is 0 Å². The average Bonchev–Trinajstić information content (AvgIpc) is 1.87. The molecule has 2 unspecified atom stereocenters. The maximum Gasteiger partial charge on any atom is 0.203 e. The fourth-order valence-corrected chi connectivity index (χ4v) is 2.33. The standard InChI is InChI=1S/C4H11F2NP2/c1-3-8(5)7-9(6)4-2/h8H,3-4H2,1-2H3. The second kappa shape index (κ2) is 5.32. The van der Waals surface area contributed by atoms with Crippen LogP contribution in [0, 0.1) is 0 Å². The van der Waals surface area contributed by atoms with Gasteiger partial charge in [0, 0.05) is 12.3 Å². The SMILES string of the molecule is CCP(F)/N=[PH](/F)CC. The molecule has 0 aliphatic carbocycles. The van der Waals surface area contributed by atoms with Gasteiger partial charge in [0.05, 0.1) is 0 Å². The van der Waals surface area contributed by atoms with Crippen LogP contribution in [0.2, 0.25) is 0 Å². The molecule has 0 spiro atoms. The van der Waals surface area contributed by atoms with Gasteiger partial charge < -0.3 is 0 Å². The summed E-state index contributed by atoms with van der Waals surface area (Å²) in [4.78, 5) is 0. The second-order valence-electron chi connectivity index (χ2n) is 1.48. The van der Waals surface area contributed by atoms with E-state index in [0.717, 1.165) is 0 Å². The van der Waals surface area contributed by atoms with Gasteiger partial charge in [-0.3, -0.25) is 0 Å². The monoisotopic (exact) mass is 173 g/mol. The van der Waals surface area contributed by atoms with Gasteiger partial charge >= 0.3 is 0 Å². The highest BCUT2D eigenvalue weighted by molar-refractivity contribution is 7.58. The summed E-state index contributed by atoms with van der Waals surface area (Å²) in [6, 6.07) is 0. The normalized spacial score (nSPS) is 17.8. The highest BCUT2D eigenvalue weighted by atomic mass is 31.2. The largest absolute Gasteiger partial charge is 0.217 e. The van der Waals surface area contributed by atoms with Gasteiger partial charge in [0.15, 0.2) is 0 Å². The Morgan fingerprint density at radius 3 is 2.44 bits per heavy atom. The molecule has 2 atom stereocenters. The molecule has 0 amide bonds. The molecule has 0 aliphatic rings. The van der Waals surface area contributed by atoms with Crippen molar-refractivity contribution in [1.29, 1.82) is 0 Å². The summed E-state index contributed by atoms with van der Waals surface area (Å²) in [5.74, 6) is 0. The molecule has 0 fully saturated rings. The van der Waals surface area contributed by atoms with Crippen LogP contribution < -0.4 is 0 Å². The fraction of sp³-hybridized carbons (Fsp3) is 1.00. The molecule has 0 radical (unpaired) electrons. The molecule has 9 heavy (non-hydrogen) atoms. The summed E-state index contributed by atoms with van der Waals surface area (Å²) in [6.07, 6.45) is 0.737. The maximum atomic E-state index is 12.3.